The minimum absolute atomic E-state index is 0.181. The van der Waals surface area contributed by atoms with Crippen molar-refractivity contribution in [2.75, 3.05) is 40.3 Å². The Morgan fingerprint density at radius 1 is 1.08 bits per heavy atom. The van der Waals surface area contributed by atoms with Gasteiger partial charge in [-0.15, -0.1) is 0 Å². The maximum Gasteiger partial charge on any atom is 0.243 e. The Hall–Kier alpha value is -1.44. The van der Waals surface area contributed by atoms with E-state index < -0.39 is 10.0 Å². The van der Waals surface area contributed by atoms with Crippen LogP contribution in [0.5, 0.6) is 0 Å². The molecule has 1 aromatic carbocycles. The van der Waals surface area contributed by atoms with Crippen molar-refractivity contribution in [3.63, 3.8) is 0 Å². The highest BCUT2D eigenvalue weighted by molar-refractivity contribution is 7.89. The van der Waals surface area contributed by atoms with Gasteiger partial charge in [0.15, 0.2) is 0 Å². The van der Waals surface area contributed by atoms with Crippen molar-refractivity contribution in [1.82, 2.24) is 9.21 Å². The second kappa shape index (κ2) is 7.21. The van der Waals surface area contributed by atoms with E-state index in [-0.39, 0.29) is 5.54 Å². The third-order valence-corrected chi connectivity index (χ3v) is 6.02. The lowest BCUT2D eigenvalue weighted by molar-refractivity contribution is -0.821. The average molecular weight is 354 g/mol. The monoisotopic (exact) mass is 354 g/mol. The molecular weight excluding hydrogens is 326 g/mol. The van der Waals surface area contributed by atoms with E-state index in [9.17, 15) is 8.42 Å². The average Bonchev–Trinajstić information content (AvgIpc) is 2.52. The lowest BCUT2D eigenvalue weighted by Crippen LogP contribution is -2.47. The number of likely N-dealkylation sites (N-methyl/N-ethyl adjacent to an activating group) is 1. The fraction of sp³-hybridized carbons (Fsp3) is 0.588. The Bertz CT molecular complexity index is 683. The Morgan fingerprint density at radius 2 is 1.62 bits per heavy atom. The summed E-state index contributed by atoms with van der Waals surface area (Å²) in [6, 6.07) is 6.94. The summed E-state index contributed by atoms with van der Waals surface area (Å²) in [5.41, 5.74) is 0.711. The van der Waals surface area contributed by atoms with Gasteiger partial charge in [-0.05, 0) is 36.1 Å². The SMILES string of the molecule is CO/[N+](=C\c1ccc(S(=O)(=O)N2CCN(C)CC2)cc1)C(C)(C)C. The smallest absolute Gasteiger partial charge is 0.243 e. The zero-order chi connectivity index (χ0) is 18.0. The highest BCUT2D eigenvalue weighted by atomic mass is 32.2. The summed E-state index contributed by atoms with van der Waals surface area (Å²) in [6.07, 6.45) is 1.87. The van der Waals surface area contributed by atoms with Crippen LogP contribution >= 0.6 is 0 Å². The first-order valence-electron chi connectivity index (χ1n) is 8.11. The normalized spacial score (nSPS) is 18.6. The predicted octanol–water partition coefficient (Wildman–Crippen LogP) is 1.41. The maximum atomic E-state index is 12.7. The fourth-order valence-corrected chi connectivity index (χ4v) is 3.98. The van der Waals surface area contributed by atoms with Crippen LogP contribution in [0.3, 0.4) is 0 Å². The summed E-state index contributed by atoms with van der Waals surface area (Å²) in [5.74, 6) is 0. The van der Waals surface area contributed by atoms with Gasteiger partial charge in [-0.3, -0.25) is 4.84 Å². The van der Waals surface area contributed by atoms with Crippen molar-refractivity contribution in [3.05, 3.63) is 29.8 Å². The van der Waals surface area contributed by atoms with Gasteiger partial charge in [0, 0.05) is 52.5 Å². The summed E-state index contributed by atoms with van der Waals surface area (Å²) in [5, 5.41) is 0. The highest BCUT2D eigenvalue weighted by Crippen LogP contribution is 2.18. The maximum absolute atomic E-state index is 12.7. The minimum atomic E-state index is -3.42. The number of rotatable bonds is 4. The van der Waals surface area contributed by atoms with Gasteiger partial charge < -0.3 is 4.90 Å². The number of piperazine rings is 1. The molecule has 0 radical (unpaired) electrons. The molecule has 7 heteroatoms. The van der Waals surface area contributed by atoms with Gasteiger partial charge in [0.1, 0.15) is 7.11 Å². The summed E-state index contributed by atoms with van der Waals surface area (Å²) >= 11 is 0. The first kappa shape index (κ1) is 18.9. The molecule has 0 atom stereocenters. The quantitative estimate of drug-likeness (QED) is 0.466. The van der Waals surface area contributed by atoms with E-state index in [1.54, 1.807) is 40.4 Å². The largest absolute Gasteiger partial charge is 0.304 e. The van der Waals surface area contributed by atoms with Crippen molar-refractivity contribution >= 4 is 16.2 Å². The topological polar surface area (TPSA) is 52.9 Å². The Kier molecular flexibility index (Phi) is 5.67. The molecule has 1 saturated heterocycles. The Morgan fingerprint density at radius 3 is 2.08 bits per heavy atom. The van der Waals surface area contributed by atoms with Crippen LogP contribution in [0.2, 0.25) is 0 Å². The fourth-order valence-electron chi connectivity index (χ4n) is 2.56. The van der Waals surface area contributed by atoms with Crippen molar-refractivity contribution in [3.8, 4) is 0 Å². The van der Waals surface area contributed by atoms with Gasteiger partial charge in [-0.2, -0.15) is 4.31 Å². The molecule has 0 aromatic heterocycles. The van der Waals surface area contributed by atoms with Crippen LogP contribution in [0.15, 0.2) is 29.2 Å². The lowest BCUT2D eigenvalue weighted by Gasteiger charge is -2.31. The molecule has 24 heavy (non-hydrogen) atoms. The molecule has 0 N–H and O–H groups in total. The Labute approximate surface area is 145 Å². The molecule has 1 fully saturated rings. The molecule has 1 heterocycles. The van der Waals surface area contributed by atoms with Gasteiger partial charge in [-0.1, -0.05) is 0 Å². The van der Waals surface area contributed by atoms with Gasteiger partial charge in [-0.25, -0.2) is 8.42 Å². The molecule has 0 saturated carbocycles. The number of hydroxylamine groups is 1. The van der Waals surface area contributed by atoms with Crippen molar-refractivity contribution in [1.29, 1.82) is 0 Å². The summed E-state index contributed by atoms with van der Waals surface area (Å²) in [6.45, 7) is 8.72. The number of benzene rings is 1. The van der Waals surface area contributed by atoms with Crippen LogP contribution < -0.4 is 0 Å². The molecule has 0 amide bonds. The van der Waals surface area contributed by atoms with Gasteiger partial charge in [0.05, 0.1) is 4.90 Å². The molecule has 2 rings (SSSR count). The van der Waals surface area contributed by atoms with Crippen LogP contribution in [0.25, 0.3) is 0 Å². The molecule has 0 spiro atoms. The van der Waals surface area contributed by atoms with E-state index in [0.717, 1.165) is 18.7 Å². The molecule has 0 aliphatic carbocycles. The molecule has 1 aliphatic heterocycles. The van der Waals surface area contributed by atoms with Gasteiger partial charge >= 0.3 is 0 Å². The van der Waals surface area contributed by atoms with Crippen molar-refractivity contribution < 1.29 is 18.0 Å². The van der Waals surface area contributed by atoms with Crippen molar-refractivity contribution in [2.24, 2.45) is 0 Å². The third-order valence-electron chi connectivity index (χ3n) is 4.10. The molecule has 6 nitrogen and oxygen atoms in total. The summed E-state index contributed by atoms with van der Waals surface area (Å²) in [4.78, 5) is 7.84. The molecule has 1 aromatic rings. The molecule has 0 unspecified atom stereocenters. The molecule has 134 valence electrons. The standard InChI is InChI=1S/C17H28N3O3S/c1-17(2,3)20(23-5)14-15-6-8-16(9-7-15)24(21,22)19-12-10-18(4)11-13-19/h6-9,14H,10-13H2,1-5H3/q+1/b20-14-. The number of sulfonamides is 1. The van der Waals surface area contributed by atoms with E-state index >= 15 is 0 Å². The van der Waals surface area contributed by atoms with E-state index in [0.29, 0.717) is 18.0 Å². The predicted molar refractivity (Wildman–Crippen MR) is 94.9 cm³/mol. The van der Waals surface area contributed by atoms with Crippen LogP contribution in [0, 0.1) is 0 Å². The zero-order valence-corrected chi connectivity index (χ0v) is 16.0. The summed E-state index contributed by atoms with van der Waals surface area (Å²) in [7, 11) is 0.208. The van der Waals surface area contributed by atoms with E-state index in [4.69, 9.17) is 4.84 Å². The number of nitrogens with zero attached hydrogens (tertiary/aromatic N) is 3. The third kappa shape index (κ3) is 4.34. The Balaban J connectivity index is 2.21. The van der Waals surface area contributed by atoms with E-state index in [1.165, 1.54) is 0 Å². The molecule has 1 aliphatic rings. The molecular formula is C17H28N3O3S+. The van der Waals surface area contributed by atoms with Crippen LogP contribution in [0.1, 0.15) is 26.3 Å². The van der Waals surface area contributed by atoms with Crippen LogP contribution in [0.4, 0.5) is 0 Å². The second-order valence-corrected chi connectivity index (χ2v) is 9.02. The minimum Gasteiger partial charge on any atom is -0.304 e. The van der Waals surface area contributed by atoms with Crippen LogP contribution in [-0.2, 0) is 14.9 Å². The van der Waals surface area contributed by atoms with Gasteiger partial charge in [0.25, 0.3) is 0 Å². The van der Waals surface area contributed by atoms with Gasteiger partial charge in [0.2, 0.25) is 21.8 Å². The van der Waals surface area contributed by atoms with Crippen molar-refractivity contribution in [2.45, 2.75) is 31.2 Å². The zero-order valence-electron chi connectivity index (χ0n) is 15.2. The number of hydrogen-bond donors (Lipinski definition) is 0. The summed E-state index contributed by atoms with van der Waals surface area (Å²) < 4.78 is 28.7. The van der Waals surface area contributed by atoms with E-state index in [1.807, 2.05) is 34.0 Å². The second-order valence-electron chi connectivity index (χ2n) is 7.08. The first-order chi connectivity index (χ1) is 11.1. The van der Waals surface area contributed by atoms with E-state index in [2.05, 4.69) is 4.90 Å². The highest BCUT2D eigenvalue weighted by Gasteiger charge is 2.28. The number of hydrogen-bond acceptors (Lipinski definition) is 4. The van der Waals surface area contributed by atoms with Crippen LogP contribution in [-0.4, -0.2) is 74.5 Å². The lowest BCUT2D eigenvalue weighted by atomic mass is 10.1. The molecule has 0 bridgehead atoms. The first-order valence-corrected chi connectivity index (χ1v) is 9.55.